The molecule has 2 aliphatic rings. The molecule has 1 saturated heterocycles. The summed E-state index contributed by atoms with van der Waals surface area (Å²) in [5.74, 6) is 0.737. The summed E-state index contributed by atoms with van der Waals surface area (Å²) in [5.41, 5.74) is 1.03. The monoisotopic (exact) mass is 263 g/mol. The van der Waals surface area contributed by atoms with Crippen molar-refractivity contribution >= 4 is 5.91 Å². The molecule has 5 nitrogen and oxygen atoms in total. The highest BCUT2D eigenvalue weighted by Crippen LogP contribution is 2.31. The Labute approximate surface area is 111 Å². The average molecular weight is 263 g/mol. The number of amides is 1. The van der Waals surface area contributed by atoms with Crippen LogP contribution in [0.3, 0.4) is 0 Å². The van der Waals surface area contributed by atoms with Crippen molar-refractivity contribution in [1.82, 2.24) is 5.32 Å². The number of hydrogen-bond donors (Lipinski definition) is 1. The molecule has 2 atom stereocenters. The van der Waals surface area contributed by atoms with E-state index in [1.54, 1.807) is 0 Å². The molecule has 1 fully saturated rings. The number of hydrogen-bond acceptors (Lipinski definition) is 4. The first-order chi connectivity index (χ1) is 9.34. The number of benzene rings is 1. The molecule has 2 unspecified atom stereocenters. The van der Waals surface area contributed by atoms with Gasteiger partial charge in [-0.2, -0.15) is 0 Å². The van der Waals surface area contributed by atoms with Gasteiger partial charge in [0.1, 0.15) is 5.75 Å². The third-order valence-corrected chi connectivity index (χ3v) is 3.38. The van der Waals surface area contributed by atoms with Gasteiger partial charge in [0.25, 0.3) is 5.91 Å². The van der Waals surface area contributed by atoms with Crippen LogP contribution in [0.2, 0.25) is 0 Å². The molecule has 2 heterocycles. The Kier molecular flexibility index (Phi) is 3.66. The maximum Gasteiger partial charge on any atom is 0.252 e. The fourth-order valence-corrected chi connectivity index (χ4v) is 2.40. The standard InChI is InChI=1S/C14H17NO4/c16-14(13-9-17-7-8-19-13)15-11-5-6-18-12-4-2-1-3-10(11)12/h1-4,11,13H,5-9H2,(H,15,16). The summed E-state index contributed by atoms with van der Waals surface area (Å²) >= 11 is 0. The Bertz CT molecular complexity index is 457. The van der Waals surface area contributed by atoms with Gasteiger partial charge in [-0.1, -0.05) is 18.2 Å². The molecule has 1 amide bonds. The molecule has 102 valence electrons. The van der Waals surface area contributed by atoms with E-state index >= 15 is 0 Å². The first kappa shape index (κ1) is 12.4. The third kappa shape index (κ3) is 2.72. The van der Waals surface area contributed by atoms with Crippen LogP contribution in [0, 0.1) is 0 Å². The van der Waals surface area contributed by atoms with Gasteiger partial charge in [-0.15, -0.1) is 0 Å². The number of carbonyl (C=O) groups is 1. The highest BCUT2D eigenvalue weighted by molar-refractivity contribution is 5.81. The van der Waals surface area contributed by atoms with Crippen LogP contribution in [0.4, 0.5) is 0 Å². The van der Waals surface area contributed by atoms with Crippen molar-refractivity contribution in [3.8, 4) is 5.75 Å². The van der Waals surface area contributed by atoms with Crippen molar-refractivity contribution in [3.63, 3.8) is 0 Å². The van der Waals surface area contributed by atoms with Gasteiger partial charge in [0, 0.05) is 12.0 Å². The minimum absolute atomic E-state index is 0.0111. The van der Waals surface area contributed by atoms with E-state index in [2.05, 4.69) is 5.32 Å². The number of nitrogens with one attached hydrogen (secondary N) is 1. The van der Waals surface area contributed by atoms with Gasteiger partial charge in [0.2, 0.25) is 0 Å². The summed E-state index contributed by atoms with van der Waals surface area (Å²) in [4.78, 5) is 12.1. The highest BCUT2D eigenvalue weighted by atomic mass is 16.6. The van der Waals surface area contributed by atoms with E-state index in [1.807, 2.05) is 24.3 Å². The smallest absolute Gasteiger partial charge is 0.252 e. The third-order valence-electron chi connectivity index (χ3n) is 3.38. The molecule has 1 N–H and O–H groups in total. The lowest BCUT2D eigenvalue weighted by Gasteiger charge is -2.29. The summed E-state index contributed by atoms with van der Waals surface area (Å²) in [6.45, 7) is 1.98. The predicted molar refractivity (Wildman–Crippen MR) is 68.0 cm³/mol. The molecule has 0 aliphatic carbocycles. The first-order valence-corrected chi connectivity index (χ1v) is 6.56. The Morgan fingerprint density at radius 1 is 1.21 bits per heavy atom. The molecule has 1 aromatic rings. The minimum atomic E-state index is -0.497. The maximum absolute atomic E-state index is 12.1. The van der Waals surface area contributed by atoms with E-state index in [1.165, 1.54) is 0 Å². The fourth-order valence-electron chi connectivity index (χ4n) is 2.40. The van der Waals surface area contributed by atoms with Gasteiger partial charge in [-0.05, 0) is 6.07 Å². The van der Waals surface area contributed by atoms with Crippen LogP contribution in [0.15, 0.2) is 24.3 Å². The fraction of sp³-hybridized carbons (Fsp3) is 0.500. The van der Waals surface area contributed by atoms with Gasteiger partial charge in [0.15, 0.2) is 6.10 Å². The Balaban J connectivity index is 1.68. The number of rotatable bonds is 2. The van der Waals surface area contributed by atoms with Gasteiger partial charge in [-0.25, -0.2) is 0 Å². The topological polar surface area (TPSA) is 56.8 Å². The quantitative estimate of drug-likeness (QED) is 0.866. The summed E-state index contributed by atoms with van der Waals surface area (Å²) in [6, 6.07) is 7.78. The van der Waals surface area contributed by atoms with Gasteiger partial charge in [0.05, 0.1) is 32.5 Å². The van der Waals surface area contributed by atoms with Crippen LogP contribution in [-0.4, -0.2) is 38.4 Å². The second-order valence-electron chi connectivity index (χ2n) is 4.67. The lowest BCUT2D eigenvalue weighted by atomic mass is 10.0. The predicted octanol–water partition coefficient (Wildman–Crippen LogP) is 1.04. The van der Waals surface area contributed by atoms with E-state index in [0.29, 0.717) is 26.4 Å². The second-order valence-corrected chi connectivity index (χ2v) is 4.67. The van der Waals surface area contributed by atoms with Crippen LogP contribution in [0.25, 0.3) is 0 Å². The van der Waals surface area contributed by atoms with Crippen LogP contribution in [0.5, 0.6) is 5.75 Å². The number of carbonyl (C=O) groups excluding carboxylic acids is 1. The summed E-state index contributed by atoms with van der Waals surface area (Å²) < 4.78 is 16.2. The first-order valence-electron chi connectivity index (χ1n) is 6.56. The molecule has 0 spiro atoms. The molecule has 1 aromatic carbocycles. The number of ether oxygens (including phenoxy) is 3. The van der Waals surface area contributed by atoms with E-state index in [9.17, 15) is 4.79 Å². The molecule has 3 rings (SSSR count). The lowest BCUT2D eigenvalue weighted by molar-refractivity contribution is -0.148. The van der Waals surface area contributed by atoms with E-state index < -0.39 is 6.10 Å². The molecular weight excluding hydrogens is 246 g/mol. The van der Waals surface area contributed by atoms with Crippen LogP contribution in [0.1, 0.15) is 18.0 Å². The lowest BCUT2D eigenvalue weighted by Crippen LogP contribution is -2.44. The largest absolute Gasteiger partial charge is 0.493 e. The molecule has 2 aliphatic heterocycles. The summed E-state index contributed by atoms with van der Waals surface area (Å²) in [5, 5.41) is 3.02. The van der Waals surface area contributed by atoms with Gasteiger partial charge < -0.3 is 19.5 Å². The SMILES string of the molecule is O=C(NC1CCOc2ccccc21)C1COCCO1. The zero-order valence-electron chi connectivity index (χ0n) is 10.6. The van der Waals surface area contributed by atoms with E-state index in [-0.39, 0.29) is 11.9 Å². The number of para-hydroxylation sites is 1. The van der Waals surface area contributed by atoms with E-state index in [0.717, 1.165) is 17.7 Å². The molecule has 0 bridgehead atoms. The molecule has 0 radical (unpaired) electrons. The Hall–Kier alpha value is -1.59. The second kappa shape index (κ2) is 5.59. The molecular formula is C14H17NO4. The summed E-state index contributed by atoms with van der Waals surface area (Å²) in [7, 11) is 0. The number of fused-ring (bicyclic) bond motifs is 1. The van der Waals surface area contributed by atoms with Crippen molar-refractivity contribution in [3.05, 3.63) is 29.8 Å². The molecule has 19 heavy (non-hydrogen) atoms. The highest BCUT2D eigenvalue weighted by Gasteiger charge is 2.28. The van der Waals surface area contributed by atoms with Crippen LogP contribution < -0.4 is 10.1 Å². The Morgan fingerprint density at radius 3 is 2.95 bits per heavy atom. The van der Waals surface area contributed by atoms with Crippen molar-refractivity contribution in [1.29, 1.82) is 0 Å². The van der Waals surface area contributed by atoms with Crippen molar-refractivity contribution < 1.29 is 19.0 Å². The summed E-state index contributed by atoms with van der Waals surface area (Å²) in [6.07, 6.45) is 0.278. The van der Waals surface area contributed by atoms with Crippen molar-refractivity contribution in [2.45, 2.75) is 18.6 Å². The maximum atomic E-state index is 12.1. The zero-order chi connectivity index (χ0) is 13.1. The molecule has 0 saturated carbocycles. The molecule has 5 heteroatoms. The van der Waals surface area contributed by atoms with Crippen molar-refractivity contribution in [2.24, 2.45) is 0 Å². The van der Waals surface area contributed by atoms with E-state index in [4.69, 9.17) is 14.2 Å². The van der Waals surface area contributed by atoms with Crippen molar-refractivity contribution in [2.75, 3.05) is 26.4 Å². The zero-order valence-corrected chi connectivity index (χ0v) is 10.6. The molecule has 0 aromatic heterocycles. The normalized spacial score (nSPS) is 26.1. The minimum Gasteiger partial charge on any atom is -0.493 e. The van der Waals surface area contributed by atoms with Crippen LogP contribution in [-0.2, 0) is 14.3 Å². The Morgan fingerprint density at radius 2 is 2.11 bits per heavy atom. The average Bonchev–Trinajstić information content (AvgIpc) is 2.48. The van der Waals surface area contributed by atoms with Crippen LogP contribution >= 0.6 is 0 Å². The van der Waals surface area contributed by atoms with Gasteiger partial charge in [-0.3, -0.25) is 4.79 Å². The van der Waals surface area contributed by atoms with Gasteiger partial charge >= 0.3 is 0 Å².